The van der Waals surface area contributed by atoms with Crippen molar-refractivity contribution in [2.75, 3.05) is 52.8 Å². The summed E-state index contributed by atoms with van der Waals surface area (Å²) in [7, 11) is 4.35. The maximum atomic E-state index is 14.4. The molecule has 3 heterocycles. The number of anilines is 1. The molecule has 6 rings (SSSR count). The lowest BCUT2D eigenvalue weighted by atomic mass is 9.95. The standard InChI is InChI=1S/C34H36F3N5O4/c1-44-27-18-24(19-28(45-2)31(27)46-3)26-20-29(34(35,36)37)42-32(39-26)25(21-38-42)33(43)41-16-14-40(15-17-41)30(22-10-6-4-7-11-22)23-12-8-5-9-13-23/h4-13,18-19,21,26,29-30,39H,14-17,20H2,1-3H3. The molecule has 0 bridgehead atoms. The number of hydrogen-bond acceptors (Lipinski definition) is 7. The molecule has 1 N–H and O–H groups in total. The molecule has 1 fully saturated rings. The van der Waals surface area contributed by atoms with Crippen LogP contribution in [-0.4, -0.2) is 79.2 Å². The molecule has 46 heavy (non-hydrogen) atoms. The SMILES string of the molecule is COc1cc(C2CC(C(F)(F)F)n3ncc(C(=O)N4CCN(C(c5ccccc5)c5ccccc5)CC4)c3N2)cc(OC)c1OC. The first-order valence-electron chi connectivity index (χ1n) is 15.1. The molecular formula is C34H36F3N5O4. The Kier molecular flexibility index (Phi) is 8.81. The molecule has 4 aromatic rings. The molecule has 1 amide bonds. The highest BCUT2D eigenvalue weighted by atomic mass is 19.4. The van der Waals surface area contributed by atoms with Gasteiger partial charge in [-0.1, -0.05) is 60.7 Å². The van der Waals surface area contributed by atoms with Gasteiger partial charge in [-0.25, -0.2) is 4.68 Å². The number of nitrogens with one attached hydrogen (secondary N) is 1. The van der Waals surface area contributed by atoms with Gasteiger partial charge in [0.2, 0.25) is 5.75 Å². The lowest BCUT2D eigenvalue weighted by Gasteiger charge is -2.40. The van der Waals surface area contributed by atoms with Gasteiger partial charge in [-0.15, -0.1) is 0 Å². The number of hydrogen-bond donors (Lipinski definition) is 1. The van der Waals surface area contributed by atoms with Gasteiger partial charge in [0.15, 0.2) is 17.5 Å². The third-order valence-electron chi connectivity index (χ3n) is 8.76. The molecule has 0 radical (unpaired) electrons. The fourth-order valence-corrected chi connectivity index (χ4v) is 6.48. The van der Waals surface area contributed by atoms with Crippen LogP contribution in [0, 0.1) is 0 Å². The van der Waals surface area contributed by atoms with E-state index < -0.39 is 18.3 Å². The summed E-state index contributed by atoms with van der Waals surface area (Å²) in [6.45, 7) is 2.02. The summed E-state index contributed by atoms with van der Waals surface area (Å²) in [5, 5.41) is 7.26. The number of piperazine rings is 1. The summed E-state index contributed by atoms with van der Waals surface area (Å²) in [6, 6.07) is 20.9. The zero-order valence-electron chi connectivity index (χ0n) is 25.8. The second kappa shape index (κ2) is 13.0. The highest BCUT2D eigenvalue weighted by Crippen LogP contribution is 2.47. The summed E-state index contributed by atoms with van der Waals surface area (Å²) in [6.07, 6.45) is -3.70. The van der Waals surface area contributed by atoms with Crippen molar-refractivity contribution in [3.8, 4) is 17.2 Å². The molecule has 2 unspecified atom stereocenters. The number of carbonyl (C=O) groups excluding carboxylic acids is 1. The van der Waals surface area contributed by atoms with Crippen molar-refractivity contribution < 1.29 is 32.2 Å². The van der Waals surface area contributed by atoms with E-state index in [0.29, 0.717) is 49.0 Å². The van der Waals surface area contributed by atoms with Crippen LogP contribution in [0.25, 0.3) is 0 Å². The van der Waals surface area contributed by atoms with E-state index in [0.717, 1.165) is 15.8 Å². The Balaban J connectivity index is 1.26. The van der Waals surface area contributed by atoms with Gasteiger partial charge < -0.3 is 24.4 Å². The van der Waals surface area contributed by atoms with E-state index in [1.54, 1.807) is 17.0 Å². The van der Waals surface area contributed by atoms with Crippen molar-refractivity contribution in [2.45, 2.75) is 30.7 Å². The number of rotatable bonds is 8. The van der Waals surface area contributed by atoms with E-state index in [2.05, 4.69) is 39.6 Å². The first-order chi connectivity index (χ1) is 22.2. The van der Waals surface area contributed by atoms with E-state index >= 15 is 0 Å². The minimum Gasteiger partial charge on any atom is -0.493 e. The van der Waals surface area contributed by atoms with E-state index in [9.17, 15) is 18.0 Å². The number of halogens is 3. The third kappa shape index (κ3) is 5.96. The molecule has 242 valence electrons. The fraction of sp³-hybridized carbons (Fsp3) is 0.353. The van der Waals surface area contributed by atoms with E-state index in [-0.39, 0.29) is 29.8 Å². The number of ether oxygens (including phenoxy) is 3. The van der Waals surface area contributed by atoms with Crippen molar-refractivity contribution in [2.24, 2.45) is 0 Å². The highest BCUT2D eigenvalue weighted by molar-refractivity contribution is 5.99. The van der Waals surface area contributed by atoms with Crippen LogP contribution in [-0.2, 0) is 0 Å². The van der Waals surface area contributed by atoms with Gasteiger partial charge in [0.25, 0.3) is 5.91 Å². The molecule has 1 aromatic heterocycles. The van der Waals surface area contributed by atoms with Crippen LogP contribution in [0.15, 0.2) is 79.0 Å². The summed E-state index contributed by atoms with van der Waals surface area (Å²) in [5.41, 5.74) is 2.90. The lowest BCUT2D eigenvalue weighted by Crippen LogP contribution is -2.50. The van der Waals surface area contributed by atoms with Crippen LogP contribution in [0.5, 0.6) is 17.2 Å². The molecule has 0 spiro atoms. The Hall–Kier alpha value is -4.71. The molecule has 2 atom stereocenters. The number of benzene rings is 3. The first-order valence-corrected chi connectivity index (χ1v) is 15.1. The van der Waals surface area contributed by atoms with E-state index in [1.165, 1.54) is 27.5 Å². The summed E-state index contributed by atoms with van der Waals surface area (Å²) >= 11 is 0. The Morgan fingerprint density at radius 1 is 0.870 bits per heavy atom. The number of alkyl halides is 3. The minimum atomic E-state index is -4.60. The zero-order chi connectivity index (χ0) is 32.4. The van der Waals surface area contributed by atoms with Crippen molar-refractivity contribution >= 4 is 11.7 Å². The van der Waals surface area contributed by atoms with Crippen molar-refractivity contribution in [3.63, 3.8) is 0 Å². The molecule has 1 saturated heterocycles. The van der Waals surface area contributed by atoms with Crippen molar-refractivity contribution in [3.05, 3.63) is 101 Å². The topological polar surface area (TPSA) is 81.1 Å². The number of aromatic nitrogens is 2. The molecule has 2 aliphatic heterocycles. The molecule has 3 aromatic carbocycles. The summed E-state index contributed by atoms with van der Waals surface area (Å²) in [5.74, 6) is 0.639. The largest absolute Gasteiger partial charge is 0.493 e. The summed E-state index contributed by atoms with van der Waals surface area (Å²) < 4.78 is 60.4. The monoisotopic (exact) mass is 635 g/mol. The maximum absolute atomic E-state index is 14.4. The van der Waals surface area contributed by atoms with Gasteiger partial charge in [0, 0.05) is 32.6 Å². The summed E-state index contributed by atoms with van der Waals surface area (Å²) in [4.78, 5) is 17.9. The van der Waals surface area contributed by atoms with E-state index in [1.807, 2.05) is 36.4 Å². The second-order valence-electron chi connectivity index (χ2n) is 11.4. The normalized spacial score (nSPS) is 18.5. The number of nitrogens with zero attached hydrogens (tertiary/aromatic N) is 4. The van der Waals surface area contributed by atoms with Crippen molar-refractivity contribution in [1.29, 1.82) is 0 Å². The van der Waals surface area contributed by atoms with Gasteiger partial charge in [-0.05, 0) is 28.8 Å². The first kappa shape index (κ1) is 31.3. The van der Waals surface area contributed by atoms with Crippen LogP contribution in [0.4, 0.5) is 19.0 Å². The highest BCUT2D eigenvalue weighted by Gasteiger charge is 2.48. The van der Waals surface area contributed by atoms with Crippen LogP contribution < -0.4 is 19.5 Å². The fourth-order valence-electron chi connectivity index (χ4n) is 6.48. The molecular weight excluding hydrogens is 599 g/mol. The number of amides is 1. The second-order valence-corrected chi connectivity index (χ2v) is 11.4. The Morgan fingerprint density at radius 2 is 1.43 bits per heavy atom. The van der Waals surface area contributed by atoms with Gasteiger partial charge in [-0.3, -0.25) is 9.69 Å². The van der Waals surface area contributed by atoms with Gasteiger partial charge >= 0.3 is 6.18 Å². The lowest BCUT2D eigenvalue weighted by molar-refractivity contribution is -0.173. The zero-order valence-corrected chi connectivity index (χ0v) is 25.8. The average molecular weight is 636 g/mol. The van der Waals surface area contributed by atoms with Crippen LogP contribution in [0.1, 0.15) is 51.6 Å². The Morgan fingerprint density at radius 3 is 1.93 bits per heavy atom. The number of carbonyl (C=O) groups is 1. The maximum Gasteiger partial charge on any atom is 0.410 e. The molecule has 0 saturated carbocycles. The van der Waals surface area contributed by atoms with Crippen molar-refractivity contribution in [1.82, 2.24) is 19.6 Å². The van der Waals surface area contributed by atoms with Gasteiger partial charge in [0.05, 0.1) is 39.6 Å². The quantitative estimate of drug-likeness (QED) is 0.250. The van der Waals surface area contributed by atoms with Crippen LogP contribution in [0.2, 0.25) is 0 Å². The molecule has 0 aliphatic carbocycles. The van der Waals surface area contributed by atoms with Crippen LogP contribution in [0.3, 0.4) is 0 Å². The predicted molar refractivity (Wildman–Crippen MR) is 167 cm³/mol. The van der Waals surface area contributed by atoms with Gasteiger partial charge in [-0.2, -0.15) is 18.3 Å². The molecule has 9 nitrogen and oxygen atoms in total. The Labute approximate surface area is 265 Å². The average Bonchev–Trinajstić information content (AvgIpc) is 3.51. The smallest absolute Gasteiger partial charge is 0.410 e. The number of methoxy groups -OCH3 is 3. The minimum absolute atomic E-state index is 0.0111. The predicted octanol–water partition coefficient (Wildman–Crippen LogP) is 6.12. The Bertz CT molecular complexity index is 1590. The van der Waals surface area contributed by atoms with Crippen LogP contribution >= 0.6 is 0 Å². The van der Waals surface area contributed by atoms with Gasteiger partial charge in [0.1, 0.15) is 11.4 Å². The third-order valence-corrected chi connectivity index (χ3v) is 8.76. The molecule has 12 heteroatoms. The van der Waals surface area contributed by atoms with E-state index in [4.69, 9.17) is 14.2 Å². The molecule has 2 aliphatic rings. The number of fused-ring (bicyclic) bond motifs is 1.